The first-order chi connectivity index (χ1) is 6.20. The number of rotatable bonds is 4. The second-order valence-corrected chi connectivity index (χ2v) is 4.22. The summed E-state index contributed by atoms with van der Waals surface area (Å²) in [5, 5.41) is 0. The Hall–Kier alpha value is -0.460. The molecule has 1 heteroatoms. The standard InChI is InChI=1S/C12H23N/c1-5-10(3)12(6-2)13-9-7-8-11(13)4/h10,12H,4-9H2,1-3H3. The highest BCUT2D eigenvalue weighted by Gasteiger charge is 2.25. The Morgan fingerprint density at radius 1 is 1.38 bits per heavy atom. The molecule has 0 radical (unpaired) electrons. The van der Waals surface area contributed by atoms with Crippen LogP contribution in [0.15, 0.2) is 12.3 Å². The third-order valence-electron chi connectivity index (χ3n) is 3.39. The lowest BCUT2D eigenvalue weighted by Gasteiger charge is -2.34. The Labute approximate surface area is 82.8 Å². The molecule has 0 bridgehead atoms. The average molecular weight is 181 g/mol. The predicted molar refractivity (Wildman–Crippen MR) is 58.6 cm³/mol. The van der Waals surface area contributed by atoms with Gasteiger partial charge < -0.3 is 4.90 Å². The summed E-state index contributed by atoms with van der Waals surface area (Å²) in [7, 11) is 0. The fraction of sp³-hybridized carbons (Fsp3) is 0.833. The third-order valence-corrected chi connectivity index (χ3v) is 3.39. The average Bonchev–Trinajstić information content (AvgIpc) is 2.53. The zero-order chi connectivity index (χ0) is 9.84. The summed E-state index contributed by atoms with van der Waals surface area (Å²) in [6.07, 6.45) is 5.06. The SMILES string of the molecule is C=C1CCCN1C(CC)C(C)CC. The van der Waals surface area contributed by atoms with E-state index in [4.69, 9.17) is 0 Å². The van der Waals surface area contributed by atoms with Gasteiger partial charge in [0.05, 0.1) is 0 Å². The van der Waals surface area contributed by atoms with Crippen molar-refractivity contribution in [1.29, 1.82) is 0 Å². The van der Waals surface area contributed by atoms with E-state index in [1.807, 2.05) is 0 Å². The Balaban J connectivity index is 2.59. The van der Waals surface area contributed by atoms with Gasteiger partial charge in [-0.1, -0.05) is 33.8 Å². The minimum atomic E-state index is 0.736. The monoisotopic (exact) mass is 181 g/mol. The smallest absolute Gasteiger partial charge is 0.0309 e. The molecule has 13 heavy (non-hydrogen) atoms. The van der Waals surface area contributed by atoms with Crippen molar-refractivity contribution in [2.24, 2.45) is 5.92 Å². The second kappa shape index (κ2) is 4.69. The molecule has 0 spiro atoms. The van der Waals surface area contributed by atoms with Crippen molar-refractivity contribution in [2.75, 3.05) is 6.54 Å². The van der Waals surface area contributed by atoms with Gasteiger partial charge in [-0.15, -0.1) is 0 Å². The van der Waals surface area contributed by atoms with Crippen LogP contribution in [-0.2, 0) is 0 Å². The van der Waals surface area contributed by atoms with Crippen LogP contribution in [0.2, 0.25) is 0 Å². The molecule has 1 aliphatic heterocycles. The van der Waals surface area contributed by atoms with Crippen molar-refractivity contribution >= 4 is 0 Å². The van der Waals surface area contributed by atoms with Crippen LogP contribution in [0.5, 0.6) is 0 Å². The number of hydrogen-bond acceptors (Lipinski definition) is 1. The molecule has 0 N–H and O–H groups in total. The molecule has 2 atom stereocenters. The second-order valence-electron chi connectivity index (χ2n) is 4.22. The van der Waals surface area contributed by atoms with Crippen LogP contribution >= 0.6 is 0 Å². The number of hydrogen-bond donors (Lipinski definition) is 0. The summed E-state index contributed by atoms with van der Waals surface area (Å²) >= 11 is 0. The lowest BCUT2D eigenvalue weighted by Crippen LogP contribution is -2.35. The van der Waals surface area contributed by atoms with Gasteiger partial charge >= 0.3 is 0 Å². The Bertz CT molecular complexity index is 174. The number of nitrogens with zero attached hydrogens (tertiary/aromatic N) is 1. The van der Waals surface area contributed by atoms with E-state index in [-0.39, 0.29) is 0 Å². The van der Waals surface area contributed by atoms with Gasteiger partial charge in [0, 0.05) is 18.3 Å². The minimum Gasteiger partial charge on any atom is -0.372 e. The summed E-state index contributed by atoms with van der Waals surface area (Å²) < 4.78 is 0. The first kappa shape index (κ1) is 10.6. The van der Waals surface area contributed by atoms with Gasteiger partial charge in [0.25, 0.3) is 0 Å². The van der Waals surface area contributed by atoms with Crippen molar-refractivity contribution in [1.82, 2.24) is 4.90 Å². The molecule has 76 valence electrons. The lowest BCUT2D eigenvalue weighted by molar-refractivity contribution is 0.205. The molecule has 0 aromatic rings. The van der Waals surface area contributed by atoms with E-state index in [2.05, 4.69) is 32.3 Å². The molecule has 0 aliphatic carbocycles. The fourth-order valence-electron chi connectivity index (χ4n) is 2.36. The van der Waals surface area contributed by atoms with Crippen molar-refractivity contribution in [3.63, 3.8) is 0 Å². The topological polar surface area (TPSA) is 3.24 Å². The molecule has 1 heterocycles. The first-order valence-corrected chi connectivity index (χ1v) is 5.65. The molecule has 2 unspecified atom stereocenters. The maximum Gasteiger partial charge on any atom is 0.0309 e. The Morgan fingerprint density at radius 2 is 2.08 bits per heavy atom. The summed E-state index contributed by atoms with van der Waals surface area (Å²) in [6.45, 7) is 12.3. The normalized spacial score (nSPS) is 22.1. The highest BCUT2D eigenvalue weighted by Crippen LogP contribution is 2.28. The molecule has 1 nitrogen and oxygen atoms in total. The predicted octanol–water partition coefficient (Wildman–Crippen LogP) is 3.42. The lowest BCUT2D eigenvalue weighted by atomic mass is 9.95. The Morgan fingerprint density at radius 3 is 2.46 bits per heavy atom. The highest BCUT2D eigenvalue weighted by molar-refractivity contribution is 5.02. The van der Waals surface area contributed by atoms with Gasteiger partial charge in [-0.3, -0.25) is 0 Å². The number of allylic oxidation sites excluding steroid dienone is 1. The zero-order valence-corrected chi connectivity index (χ0v) is 9.34. The molecule has 0 saturated carbocycles. The van der Waals surface area contributed by atoms with E-state index >= 15 is 0 Å². The first-order valence-electron chi connectivity index (χ1n) is 5.65. The number of likely N-dealkylation sites (tertiary alicyclic amines) is 1. The summed E-state index contributed by atoms with van der Waals surface area (Å²) in [5.74, 6) is 0.805. The minimum absolute atomic E-state index is 0.736. The van der Waals surface area contributed by atoms with E-state index in [0.29, 0.717) is 0 Å². The van der Waals surface area contributed by atoms with E-state index in [0.717, 1.165) is 12.0 Å². The Kier molecular flexibility index (Phi) is 3.83. The molecule has 1 saturated heterocycles. The third kappa shape index (κ3) is 2.26. The van der Waals surface area contributed by atoms with Crippen LogP contribution in [-0.4, -0.2) is 17.5 Å². The molecule has 0 aromatic carbocycles. The maximum absolute atomic E-state index is 4.15. The maximum atomic E-state index is 4.15. The van der Waals surface area contributed by atoms with Gasteiger partial charge in [-0.05, 0) is 25.2 Å². The van der Waals surface area contributed by atoms with E-state index in [1.54, 1.807) is 0 Å². The summed E-state index contributed by atoms with van der Waals surface area (Å²) in [5.41, 5.74) is 1.37. The summed E-state index contributed by atoms with van der Waals surface area (Å²) in [4.78, 5) is 2.54. The largest absolute Gasteiger partial charge is 0.372 e. The van der Waals surface area contributed by atoms with Crippen LogP contribution in [0.3, 0.4) is 0 Å². The molecule has 1 aliphatic rings. The van der Waals surface area contributed by atoms with Gasteiger partial charge in [0.15, 0.2) is 0 Å². The fourth-order valence-corrected chi connectivity index (χ4v) is 2.36. The van der Waals surface area contributed by atoms with Crippen molar-refractivity contribution in [2.45, 2.75) is 52.5 Å². The van der Waals surface area contributed by atoms with Crippen molar-refractivity contribution < 1.29 is 0 Å². The van der Waals surface area contributed by atoms with E-state index in [1.165, 1.54) is 37.9 Å². The molecular weight excluding hydrogens is 158 g/mol. The van der Waals surface area contributed by atoms with Crippen LogP contribution in [0.4, 0.5) is 0 Å². The van der Waals surface area contributed by atoms with Gasteiger partial charge in [0.2, 0.25) is 0 Å². The van der Waals surface area contributed by atoms with Crippen LogP contribution in [0.25, 0.3) is 0 Å². The van der Waals surface area contributed by atoms with E-state index < -0.39 is 0 Å². The van der Waals surface area contributed by atoms with Gasteiger partial charge in [0.1, 0.15) is 0 Å². The van der Waals surface area contributed by atoms with Crippen molar-refractivity contribution in [3.05, 3.63) is 12.3 Å². The molecule has 0 amide bonds. The van der Waals surface area contributed by atoms with E-state index in [9.17, 15) is 0 Å². The van der Waals surface area contributed by atoms with Crippen LogP contribution in [0, 0.1) is 5.92 Å². The highest BCUT2D eigenvalue weighted by atomic mass is 15.2. The summed E-state index contributed by atoms with van der Waals surface area (Å²) in [6, 6.07) is 0.736. The molecule has 0 aromatic heterocycles. The molecular formula is C12H23N. The van der Waals surface area contributed by atoms with Gasteiger partial charge in [-0.25, -0.2) is 0 Å². The van der Waals surface area contributed by atoms with Crippen molar-refractivity contribution in [3.8, 4) is 0 Å². The van der Waals surface area contributed by atoms with Gasteiger partial charge in [-0.2, -0.15) is 0 Å². The molecule has 1 fully saturated rings. The van der Waals surface area contributed by atoms with Crippen LogP contribution in [0.1, 0.15) is 46.5 Å². The van der Waals surface area contributed by atoms with Crippen LogP contribution < -0.4 is 0 Å². The molecule has 1 rings (SSSR count). The zero-order valence-electron chi connectivity index (χ0n) is 9.34. The quantitative estimate of drug-likeness (QED) is 0.642.